The fourth-order valence-electron chi connectivity index (χ4n) is 6.18. The van der Waals surface area contributed by atoms with E-state index in [-0.39, 0.29) is 17.7 Å². The van der Waals surface area contributed by atoms with Gasteiger partial charge in [-0.1, -0.05) is 66.2 Å². The van der Waals surface area contributed by atoms with Crippen molar-refractivity contribution in [2.45, 2.75) is 12.1 Å². The molecule has 4 atom stereocenters. The number of fused-ring (bicyclic) bond motifs is 6. The van der Waals surface area contributed by atoms with Gasteiger partial charge in [-0.25, -0.2) is 4.90 Å². The summed E-state index contributed by atoms with van der Waals surface area (Å²) in [7, 11) is 0. The van der Waals surface area contributed by atoms with E-state index in [1.165, 1.54) is 4.90 Å². The van der Waals surface area contributed by atoms with Crippen molar-refractivity contribution in [2.75, 3.05) is 10.2 Å². The van der Waals surface area contributed by atoms with E-state index in [1.54, 1.807) is 30.3 Å². The second-order valence-corrected chi connectivity index (χ2v) is 10.3. The van der Waals surface area contributed by atoms with Gasteiger partial charge in [-0.3, -0.25) is 14.4 Å². The third-order valence-electron chi connectivity index (χ3n) is 7.83. The third kappa shape index (κ3) is 3.37. The third-order valence-corrected chi connectivity index (χ3v) is 8.09. The molecule has 0 radical (unpaired) electrons. The van der Waals surface area contributed by atoms with Crippen molar-refractivity contribution in [2.24, 2.45) is 11.8 Å². The molecule has 38 heavy (non-hydrogen) atoms. The van der Waals surface area contributed by atoms with E-state index in [4.69, 9.17) is 11.6 Å². The SMILES string of the molecule is O=C(Nc1ccc(Cl)cc1)[C@@H]1[C@@H]2C(=O)N(c3ccc4ccccc4c3)C(=O)[C@H]2[C@@H]2c3ccccc3C=CN12. The lowest BCUT2D eigenvalue weighted by Crippen LogP contribution is -2.46. The first kappa shape index (κ1) is 22.8. The maximum absolute atomic E-state index is 14.1. The molecular formula is C31H22ClN3O3. The molecule has 4 aromatic carbocycles. The lowest BCUT2D eigenvalue weighted by atomic mass is 9.84. The first-order valence-corrected chi connectivity index (χ1v) is 12.9. The highest BCUT2D eigenvalue weighted by atomic mass is 35.5. The minimum atomic E-state index is -0.854. The summed E-state index contributed by atoms with van der Waals surface area (Å²) in [5.74, 6) is -2.50. The van der Waals surface area contributed by atoms with Crippen LogP contribution in [0.1, 0.15) is 17.2 Å². The Labute approximate surface area is 224 Å². The van der Waals surface area contributed by atoms with Gasteiger partial charge in [-0.15, -0.1) is 0 Å². The van der Waals surface area contributed by atoms with Gasteiger partial charge in [0.15, 0.2) is 0 Å². The lowest BCUT2D eigenvalue weighted by molar-refractivity contribution is -0.128. The molecule has 4 aromatic rings. The topological polar surface area (TPSA) is 69.7 Å². The van der Waals surface area contributed by atoms with Crippen molar-refractivity contribution in [1.29, 1.82) is 0 Å². The van der Waals surface area contributed by atoms with Crippen molar-refractivity contribution in [1.82, 2.24) is 4.90 Å². The van der Waals surface area contributed by atoms with Gasteiger partial charge in [0, 0.05) is 16.9 Å². The van der Waals surface area contributed by atoms with Crippen molar-refractivity contribution in [3.63, 3.8) is 0 Å². The number of anilines is 2. The van der Waals surface area contributed by atoms with E-state index in [2.05, 4.69) is 5.32 Å². The van der Waals surface area contributed by atoms with Gasteiger partial charge in [0.25, 0.3) is 0 Å². The van der Waals surface area contributed by atoms with Crippen LogP contribution < -0.4 is 10.2 Å². The van der Waals surface area contributed by atoms with Crippen LogP contribution in [0.2, 0.25) is 5.02 Å². The number of nitrogens with zero attached hydrogens (tertiary/aromatic N) is 2. The first-order chi connectivity index (χ1) is 18.5. The van der Waals surface area contributed by atoms with E-state index in [9.17, 15) is 14.4 Å². The van der Waals surface area contributed by atoms with Gasteiger partial charge in [-0.2, -0.15) is 0 Å². The number of benzene rings is 4. The maximum Gasteiger partial charge on any atom is 0.247 e. The summed E-state index contributed by atoms with van der Waals surface area (Å²) in [5, 5.41) is 5.46. The monoisotopic (exact) mass is 519 g/mol. The Balaban J connectivity index is 1.32. The number of halogens is 1. The molecule has 0 aromatic heterocycles. The summed E-state index contributed by atoms with van der Waals surface area (Å²) in [4.78, 5) is 45.1. The molecule has 3 aliphatic heterocycles. The van der Waals surface area contributed by atoms with Gasteiger partial charge in [0.05, 0.1) is 23.6 Å². The molecule has 0 unspecified atom stereocenters. The predicted octanol–water partition coefficient (Wildman–Crippen LogP) is 5.65. The zero-order valence-electron chi connectivity index (χ0n) is 20.1. The predicted molar refractivity (Wildman–Crippen MR) is 147 cm³/mol. The minimum Gasteiger partial charge on any atom is -0.357 e. The number of carbonyl (C=O) groups excluding carboxylic acids is 3. The van der Waals surface area contributed by atoms with E-state index in [0.29, 0.717) is 16.4 Å². The van der Waals surface area contributed by atoms with Gasteiger partial charge >= 0.3 is 0 Å². The fraction of sp³-hybridized carbons (Fsp3) is 0.129. The van der Waals surface area contributed by atoms with Crippen LogP contribution in [0.4, 0.5) is 11.4 Å². The standard InChI is InChI=1S/C31H22ClN3O3/c32-21-10-12-22(13-11-21)33-29(36)28-26-25(27-24-8-4-3-6-19(24)15-16-34(27)28)30(37)35(31(26)38)23-14-9-18-5-1-2-7-20(18)17-23/h1-17,25-28H,(H,33,36)/t25-,26-,27+,28+/m1/s1. The van der Waals surface area contributed by atoms with E-state index < -0.39 is 23.9 Å². The van der Waals surface area contributed by atoms with Crippen LogP contribution in [-0.2, 0) is 14.4 Å². The van der Waals surface area contributed by atoms with Crippen LogP contribution in [0, 0.1) is 11.8 Å². The van der Waals surface area contributed by atoms with Crippen molar-refractivity contribution >= 4 is 57.5 Å². The van der Waals surface area contributed by atoms with E-state index in [0.717, 1.165) is 21.9 Å². The summed E-state index contributed by atoms with van der Waals surface area (Å²) in [6, 6.07) is 26.8. The normalized spacial score (nSPS) is 23.4. The molecule has 0 bridgehead atoms. The van der Waals surface area contributed by atoms with Gasteiger partial charge in [-0.05, 0) is 64.4 Å². The van der Waals surface area contributed by atoms with E-state index in [1.807, 2.05) is 77.8 Å². The zero-order valence-corrected chi connectivity index (χ0v) is 20.9. The van der Waals surface area contributed by atoms with Crippen LogP contribution in [0.25, 0.3) is 16.8 Å². The molecule has 3 heterocycles. The molecule has 3 amide bonds. The number of hydrogen-bond donors (Lipinski definition) is 1. The molecule has 1 N–H and O–H groups in total. The molecule has 0 spiro atoms. The van der Waals surface area contributed by atoms with Crippen LogP contribution in [0.3, 0.4) is 0 Å². The minimum absolute atomic E-state index is 0.280. The Morgan fingerprint density at radius 2 is 1.50 bits per heavy atom. The highest BCUT2D eigenvalue weighted by Crippen LogP contribution is 2.53. The zero-order chi connectivity index (χ0) is 26.0. The Hall–Kier alpha value is -4.42. The van der Waals surface area contributed by atoms with Crippen molar-refractivity contribution in [3.05, 3.63) is 113 Å². The molecule has 6 nitrogen and oxygen atoms in total. The largest absolute Gasteiger partial charge is 0.357 e. The molecule has 2 fully saturated rings. The summed E-state index contributed by atoms with van der Waals surface area (Å²) in [6.45, 7) is 0. The van der Waals surface area contributed by atoms with E-state index >= 15 is 0 Å². The fourth-order valence-corrected chi connectivity index (χ4v) is 6.30. The number of rotatable bonds is 3. The van der Waals surface area contributed by atoms with Gasteiger partial charge in [0.2, 0.25) is 17.7 Å². The number of carbonyl (C=O) groups is 3. The Bertz CT molecular complexity index is 1660. The molecule has 0 aliphatic carbocycles. The van der Waals surface area contributed by atoms with Crippen molar-refractivity contribution in [3.8, 4) is 0 Å². The number of amides is 3. The molecule has 3 aliphatic rings. The average molecular weight is 520 g/mol. The summed E-state index contributed by atoms with van der Waals surface area (Å²) in [6.07, 6.45) is 3.78. The smallest absolute Gasteiger partial charge is 0.247 e. The molecule has 7 rings (SSSR count). The molecule has 2 saturated heterocycles. The van der Waals surface area contributed by atoms with Crippen LogP contribution in [0.15, 0.2) is 97.2 Å². The van der Waals surface area contributed by atoms with Crippen LogP contribution in [-0.4, -0.2) is 28.7 Å². The average Bonchev–Trinajstić information content (AvgIpc) is 3.42. The van der Waals surface area contributed by atoms with Crippen LogP contribution >= 0.6 is 11.6 Å². The molecular weight excluding hydrogens is 498 g/mol. The second kappa shape index (κ2) is 8.57. The molecule has 186 valence electrons. The number of nitrogens with one attached hydrogen (secondary N) is 1. The summed E-state index contributed by atoms with van der Waals surface area (Å²) in [5.41, 5.74) is 3.02. The van der Waals surface area contributed by atoms with Gasteiger partial charge in [0.1, 0.15) is 6.04 Å². The summed E-state index contributed by atoms with van der Waals surface area (Å²) >= 11 is 6.02. The number of hydrogen-bond acceptors (Lipinski definition) is 4. The molecule has 0 saturated carbocycles. The highest BCUT2D eigenvalue weighted by molar-refractivity contribution is 6.30. The van der Waals surface area contributed by atoms with Gasteiger partial charge < -0.3 is 10.2 Å². The highest BCUT2D eigenvalue weighted by Gasteiger charge is 2.64. The Kier molecular flexibility index (Phi) is 5.13. The molecule has 7 heteroatoms. The second-order valence-electron chi connectivity index (χ2n) is 9.87. The quantitative estimate of drug-likeness (QED) is 0.355. The number of imide groups is 1. The van der Waals surface area contributed by atoms with Crippen molar-refractivity contribution < 1.29 is 14.4 Å². The van der Waals surface area contributed by atoms with Crippen LogP contribution in [0.5, 0.6) is 0 Å². The maximum atomic E-state index is 14.1. The summed E-state index contributed by atoms with van der Waals surface area (Å²) < 4.78 is 0. The Morgan fingerprint density at radius 3 is 2.32 bits per heavy atom. The Morgan fingerprint density at radius 1 is 0.789 bits per heavy atom. The first-order valence-electron chi connectivity index (χ1n) is 12.5. The lowest BCUT2D eigenvalue weighted by Gasteiger charge is -2.35.